The Morgan fingerprint density at radius 2 is 2.28 bits per heavy atom. The van der Waals surface area contributed by atoms with Crippen molar-refractivity contribution in [3.8, 4) is 6.07 Å². The predicted octanol–water partition coefficient (Wildman–Crippen LogP) is 2.81. The number of para-hydroxylation sites is 1. The van der Waals surface area contributed by atoms with Gasteiger partial charge in [-0.15, -0.1) is 0 Å². The summed E-state index contributed by atoms with van der Waals surface area (Å²) in [7, 11) is 0. The maximum Gasteiger partial charge on any atom is 0.0643 e. The standard InChI is InChI=1S/C14H18ClN3/c1-11-7-9-17-10-12(6-8-16)18(11)14-5-3-2-4-13(14)15/h2-5,11-12,17H,6-7,9-10H2,1H3. The van der Waals surface area contributed by atoms with Crippen molar-refractivity contribution in [3.63, 3.8) is 0 Å². The Morgan fingerprint density at radius 1 is 1.50 bits per heavy atom. The summed E-state index contributed by atoms with van der Waals surface area (Å²) in [6, 6.07) is 10.7. The quantitative estimate of drug-likeness (QED) is 0.892. The summed E-state index contributed by atoms with van der Waals surface area (Å²) in [4.78, 5) is 2.30. The summed E-state index contributed by atoms with van der Waals surface area (Å²) < 4.78 is 0. The SMILES string of the molecule is CC1CCNCC(CC#N)N1c1ccccc1Cl. The van der Waals surface area contributed by atoms with Gasteiger partial charge in [-0.2, -0.15) is 5.26 Å². The minimum absolute atomic E-state index is 0.187. The second kappa shape index (κ2) is 6.08. The van der Waals surface area contributed by atoms with Crippen molar-refractivity contribution in [1.82, 2.24) is 5.32 Å². The first-order chi connectivity index (χ1) is 8.74. The fourth-order valence-corrected chi connectivity index (χ4v) is 2.78. The van der Waals surface area contributed by atoms with Gasteiger partial charge in [-0.05, 0) is 32.0 Å². The third-order valence-corrected chi connectivity index (χ3v) is 3.76. The molecular weight excluding hydrogens is 246 g/mol. The van der Waals surface area contributed by atoms with Gasteiger partial charge in [-0.1, -0.05) is 23.7 Å². The first-order valence-electron chi connectivity index (χ1n) is 6.34. The zero-order valence-electron chi connectivity index (χ0n) is 10.6. The minimum Gasteiger partial charge on any atom is -0.362 e. The molecule has 0 saturated carbocycles. The number of benzene rings is 1. The molecule has 0 aromatic heterocycles. The van der Waals surface area contributed by atoms with E-state index in [0.717, 1.165) is 30.2 Å². The van der Waals surface area contributed by atoms with Gasteiger partial charge >= 0.3 is 0 Å². The molecule has 1 fully saturated rings. The van der Waals surface area contributed by atoms with Gasteiger partial charge in [0.2, 0.25) is 0 Å². The van der Waals surface area contributed by atoms with Crippen LogP contribution in [0.25, 0.3) is 0 Å². The second-order valence-corrected chi connectivity index (χ2v) is 5.12. The first kappa shape index (κ1) is 13.2. The number of rotatable bonds is 2. The van der Waals surface area contributed by atoms with Crippen LogP contribution in [0.2, 0.25) is 5.02 Å². The lowest BCUT2D eigenvalue weighted by Crippen LogP contribution is -2.43. The third-order valence-electron chi connectivity index (χ3n) is 3.44. The maximum atomic E-state index is 8.99. The molecule has 96 valence electrons. The van der Waals surface area contributed by atoms with Crippen molar-refractivity contribution in [3.05, 3.63) is 29.3 Å². The summed E-state index contributed by atoms with van der Waals surface area (Å²) in [5, 5.41) is 13.1. The fourth-order valence-electron chi connectivity index (χ4n) is 2.55. The lowest BCUT2D eigenvalue weighted by atomic mass is 10.1. The Hall–Kier alpha value is -1.24. The Balaban J connectivity index is 2.35. The van der Waals surface area contributed by atoms with E-state index in [1.165, 1.54) is 0 Å². The Morgan fingerprint density at radius 3 is 3.00 bits per heavy atom. The number of nitrogens with one attached hydrogen (secondary N) is 1. The van der Waals surface area contributed by atoms with Crippen LogP contribution >= 0.6 is 11.6 Å². The normalized spacial score (nSPS) is 24.4. The van der Waals surface area contributed by atoms with Crippen LogP contribution in [0, 0.1) is 11.3 Å². The highest BCUT2D eigenvalue weighted by atomic mass is 35.5. The number of hydrogen-bond acceptors (Lipinski definition) is 3. The van der Waals surface area contributed by atoms with Crippen molar-refractivity contribution in [2.24, 2.45) is 0 Å². The molecule has 2 unspecified atom stereocenters. The first-order valence-corrected chi connectivity index (χ1v) is 6.72. The number of anilines is 1. The van der Waals surface area contributed by atoms with Crippen molar-refractivity contribution < 1.29 is 0 Å². The largest absolute Gasteiger partial charge is 0.362 e. The molecule has 1 saturated heterocycles. The molecule has 0 spiro atoms. The lowest BCUT2D eigenvalue weighted by molar-refractivity contribution is 0.551. The highest BCUT2D eigenvalue weighted by Gasteiger charge is 2.27. The van der Waals surface area contributed by atoms with Gasteiger partial charge in [-0.3, -0.25) is 0 Å². The van der Waals surface area contributed by atoms with E-state index < -0.39 is 0 Å². The fraction of sp³-hybridized carbons (Fsp3) is 0.500. The van der Waals surface area contributed by atoms with Crippen LogP contribution in [0.4, 0.5) is 5.69 Å². The van der Waals surface area contributed by atoms with Crippen LogP contribution in [0.1, 0.15) is 19.8 Å². The predicted molar refractivity (Wildman–Crippen MR) is 74.9 cm³/mol. The topological polar surface area (TPSA) is 39.1 Å². The molecule has 1 heterocycles. The smallest absolute Gasteiger partial charge is 0.0643 e. The monoisotopic (exact) mass is 263 g/mol. The van der Waals surface area contributed by atoms with Crippen LogP contribution in [0.3, 0.4) is 0 Å². The molecule has 1 N–H and O–H groups in total. The molecular formula is C14H18ClN3. The van der Waals surface area contributed by atoms with E-state index in [1.54, 1.807) is 0 Å². The van der Waals surface area contributed by atoms with Gasteiger partial charge in [-0.25, -0.2) is 0 Å². The summed E-state index contributed by atoms with van der Waals surface area (Å²) >= 11 is 6.30. The van der Waals surface area contributed by atoms with E-state index in [-0.39, 0.29) is 6.04 Å². The van der Waals surface area contributed by atoms with Gasteiger partial charge in [0.15, 0.2) is 0 Å². The van der Waals surface area contributed by atoms with Crippen LogP contribution < -0.4 is 10.2 Å². The molecule has 3 nitrogen and oxygen atoms in total. The van der Waals surface area contributed by atoms with Gasteiger partial charge in [0.1, 0.15) is 0 Å². The second-order valence-electron chi connectivity index (χ2n) is 4.72. The molecule has 1 aliphatic heterocycles. The van der Waals surface area contributed by atoms with Crippen molar-refractivity contribution in [1.29, 1.82) is 5.26 Å². The number of nitriles is 1. The van der Waals surface area contributed by atoms with Crippen molar-refractivity contribution in [2.45, 2.75) is 31.8 Å². The van der Waals surface area contributed by atoms with Gasteiger partial charge in [0.25, 0.3) is 0 Å². The molecule has 1 aliphatic rings. The lowest BCUT2D eigenvalue weighted by Gasteiger charge is -2.36. The van der Waals surface area contributed by atoms with Crippen molar-refractivity contribution >= 4 is 17.3 Å². The minimum atomic E-state index is 0.187. The molecule has 1 aromatic rings. The number of halogens is 1. The average Bonchev–Trinajstić information content (AvgIpc) is 2.53. The summed E-state index contributed by atoms with van der Waals surface area (Å²) in [5.74, 6) is 0. The summed E-state index contributed by atoms with van der Waals surface area (Å²) in [6.07, 6.45) is 1.58. The van der Waals surface area contributed by atoms with Crippen LogP contribution in [-0.2, 0) is 0 Å². The van der Waals surface area contributed by atoms with E-state index in [0.29, 0.717) is 12.5 Å². The van der Waals surface area contributed by atoms with E-state index in [4.69, 9.17) is 16.9 Å². The Kier molecular flexibility index (Phi) is 4.46. The highest BCUT2D eigenvalue weighted by Crippen LogP contribution is 2.30. The maximum absolute atomic E-state index is 8.99. The summed E-state index contributed by atoms with van der Waals surface area (Å²) in [6.45, 7) is 4.02. The van der Waals surface area contributed by atoms with Crippen LogP contribution in [0.15, 0.2) is 24.3 Å². The molecule has 0 amide bonds. The molecule has 0 radical (unpaired) electrons. The van der Waals surface area contributed by atoms with Crippen molar-refractivity contribution in [2.75, 3.05) is 18.0 Å². The van der Waals surface area contributed by atoms with Gasteiger partial charge in [0.05, 0.1) is 29.2 Å². The summed E-state index contributed by atoms with van der Waals surface area (Å²) in [5.41, 5.74) is 1.04. The molecule has 2 rings (SSSR count). The number of nitrogens with zero attached hydrogens (tertiary/aromatic N) is 2. The van der Waals surface area contributed by atoms with E-state index >= 15 is 0 Å². The Labute approximate surface area is 113 Å². The average molecular weight is 264 g/mol. The van der Waals surface area contributed by atoms with Crippen LogP contribution in [-0.4, -0.2) is 25.2 Å². The van der Waals surface area contributed by atoms with E-state index in [9.17, 15) is 0 Å². The van der Waals surface area contributed by atoms with E-state index in [2.05, 4.69) is 23.2 Å². The third kappa shape index (κ3) is 2.77. The molecule has 4 heteroatoms. The highest BCUT2D eigenvalue weighted by molar-refractivity contribution is 6.33. The molecule has 0 aliphatic carbocycles. The van der Waals surface area contributed by atoms with Gasteiger partial charge < -0.3 is 10.2 Å². The zero-order chi connectivity index (χ0) is 13.0. The van der Waals surface area contributed by atoms with Crippen LogP contribution in [0.5, 0.6) is 0 Å². The molecule has 1 aromatic carbocycles. The number of hydrogen-bond donors (Lipinski definition) is 1. The Bertz CT molecular complexity index is 441. The zero-order valence-corrected chi connectivity index (χ0v) is 11.3. The molecule has 2 atom stereocenters. The molecule has 0 bridgehead atoms. The van der Waals surface area contributed by atoms with Gasteiger partial charge in [0, 0.05) is 12.6 Å². The molecule has 18 heavy (non-hydrogen) atoms. The van der Waals surface area contributed by atoms with E-state index in [1.807, 2.05) is 24.3 Å².